The van der Waals surface area contributed by atoms with Crippen LogP contribution in [0.15, 0.2) is 36.7 Å². The lowest BCUT2D eigenvalue weighted by Crippen LogP contribution is -2.26. The minimum absolute atomic E-state index is 0.157. The fraction of sp³-hybridized carbons (Fsp3) is 0.438. The van der Waals surface area contributed by atoms with Crippen LogP contribution in [-0.4, -0.2) is 35.1 Å². The smallest absolute Gasteiger partial charge is 0.123 e. The molecule has 2 rings (SSSR count). The highest BCUT2D eigenvalue weighted by molar-refractivity contribution is 5.20. The van der Waals surface area contributed by atoms with Crippen LogP contribution in [0.4, 0.5) is 4.39 Å². The van der Waals surface area contributed by atoms with Gasteiger partial charge >= 0.3 is 0 Å². The van der Waals surface area contributed by atoms with Crippen molar-refractivity contribution in [2.45, 2.75) is 19.0 Å². The second kappa shape index (κ2) is 7.33. The van der Waals surface area contributed by atoms with Gasteiger partial charge < -0.3 is 9.88 Å². The van der Waals surface area contributed by atoms with Gasteiger partial charge in [-0.1, -0.05) is 12.1 Å². The molecule has 1 aromatic carbocycles. The number of imidazole rings is 1. The van der Waals surface area contributed by atoms with Gasteiger partial charge in [-0.3, -0.25) is 4.90 Å². The zero-order valence-corrected chi connectivity index (χ0v) is 12.9. The quantitative estimate of drug-likeness (QED) is 0.849. The second-order valence-corrected chi connectivity index (χ2v) is 5.38. The first-order valence-corrected chi connectivity index (χ1v) is 7.17. The van der Waals surface area contributed by atoms with E-state index < -0.39 is 0 Å². The molecule has 0 saturated carbocycles. The van der Waals surface area contributed by atoms with E-state index in [1.165, 1.54) is 6.07 Å². The van der Waals surface area contributed by atoms with Crippen LogP contribution in [0.5, 0.6) is 0 Å². The third-order valence-electron chi connectivity index (χ3n) is 3.73. The van der Waals surface area contributed by atoms with E-state index in [4.69, 9.17) is 0 Å². The average Bonchev–Trinajstić information content (AvgIpc) is 2.85. The maximum Gasteiger partial charge on any atom is 0.123 e. The lowest BCUT2D eigenvalue weighted by atomic mass is 10.0. The molecule has 1 atom stereocenters. The van der Waals surface area contributed by atoms with Crippen molar-refractivity contribution >= 4 is 0 Å². The molecule has 0 aliphatic carbocycles. The number of benzene rings is 1. The molecule has 0 radical (unpaired) electrons. The van der Waals surface area contributed by atoms with Gasteiger partial charge in [0, 0.05) is 32.0 Å². The van der Waals surface area contributed by atoms with E-state index >= 15 is 0 Å². The van der Waals surface area contributed by atoms with Gasteiger partial charge in [0.2, 0.25) is 0 Å². The summed E-state index contributed by atoms with van der Waals surface area (Å²) in [5, 5.41) is 3.26. The van der Waals surface area contributed by atoms with Gasteiger partial charge in [0.05, 0.1) is 6.54 Å². The van der Waals surface area contributed by atoms with Gasteiger partial charge in [-0.25, -0.2) is 9.37 Å². The first-order valence-electron chi connectivity index (χ1n) is 7.17. The van der Waals surface area contributed by atoms with E-state index in [-0.39, 0.29) is 11.9 Å². The lowest BCUT2D eigenvalue weighted by molar-refractivity contribution is 0.294. The summed E-state index contributed by atoms with van der Waals surface area (Å²) in [6.45, 7) is 1.72. The third kappa shape index (κ3) is 4.37. The van der Waals surface area contributed by atoms with E-state index in [2.05, 4.69) is 22.2 Å². The minimum Gasteiger partial charge on any atom is -0.337 e. The summed E-state index contributed by atoms with van der Waals surface area (Å²) in [6, 6.07) is 6.95. The van der Waals surface area contributed by atoms with Crippen LogP contribution in [0.3, 0.4) is 0 Å². The molecule has 114 valence electrons. The summed E-state index contributed by atoms with van der Waals surface area (Å²) in [7, 11) is 5.99. The van der Waals surface area contributed by atoms with Crippen molar-refractivity contribution in [3.05, 3.63) is 53.9 Å². The van der Waals surface area contributed by atoms with Crippen molar-refractivity contribution in [2.24, 2.45) is 7.05 Å². The fourth-order valence-corrected chi connectivity index (χ4v) is 2.42. The van der Waals surface area contributed by atoms with E-state index in [1.807, 2.05) is 37.1 Å². The van der Waals surface area contributed by atoms with Crippen LogP contribution in [0.1, 0.15) is 23.9 Å². The molecule has 5 heteroatoms. The molecule has 1 N–H and O–H groups in total. The number of hydrogen-bond acceptors (Lipinski definition) is 3. The Morgan fingerprint density at radius 1 is 1.43 bits per heavy atom. The van der Waals surface area contributed by atoms with E-state index in [1.54, 1.807) is 12.1 Å². The first-order chi connectivity index (χ1) is 10.1. The molecule has 0 saturated heterocycles. The van der Waals surface area contributed by atoms with Crippen LogP contribution >= 0.6 is 0 Å². The van der Waals surface area contributed by atoms with E-state index in [0.717, 1.165) is 30.9 Å². The number of halogens is 1. The second-order valence-electron chi connectivity index (χ2n) is 5.38. The van der Waals surface area contributed by atoms with E-state index in [9.17, 15) is 4.39 Å². The fourth-order valence-electron chi connectivity index (χ4n) is 2.42. The average molecular weight is 290 g/mol. The van der Waals surface area contributed by atoms with E-state index in [0.29, 0.717) is 0 Å². The van der Waals surface area contributed by atoms with Crippen LogP contribution in [0.2, 0.25) is 0 Å². The molecule has 0 bridgehead atoms. The van der Waals surface area contributed by atoms with Gasteiger partial charge in [-0.15, -0.1) is 0 Å². The van der Waals surface area contributed by atoms with Gasteiger partial charge in [0.1, 0.15) is 11.6 Å². The Labute approximate surface area is 125 Å². The predicted octanol–water partition coefficient (Wildman–Crippen LogP) is 2.34. The number of aromatic nitrogens is 2. The Balaban J connectivity index is 1.89. The molecule has 0 spiro atoms. The molecule has 4 nitrogen and oxygen atoms in total. The normalized spacial score (nSPS) is 12.8. The van der Waals surface area contributed by atoms with Crippen LogP contribution in [-0.2, 0) is 13.6 Å². The largest absolute Gasteiger partial charge is 0.337 e. The van der Waals surface area contributed by atoms with Crippen molar-refractivity contribution in [2.75, 3.05) is 20.6 Å². The molecule has 1 unspecified atom stereocenters. The molecule has 1 aromatic heterocycles. The molecular weight excluding hydrogens is 267 g/mol. The van der Waals surface area contributed by atoms with Crippen LogP contribution < -0.4 is 5.32 Å². The van der Waals surface area contributed by atoms with Crippen molar-refractivity contribution in [3.8, 4) is 0 Å². The Morgan fingerprint density at radius 3 is 2.86 bits per heavy atom. The van der Waals surface area contributed by atoms with Gasteiger partial charge in [-0.2, -0.15) is 0 Å². The highest BCUT2D eigenvalue weighted by atomic mass is 19.1. The zero-order chi connectivity index (χ0) is 15.2. The predicted molar refractivity (Wildman–Crippen MR) is 82.4 cm³/mol. The highest BCUT2D eigenvalue weighted by Gasteiger charge is 2.12. The Morgan fingerprint density at radius 2 is 2.24 bits per heavy atom. The monoisotopic (exact) mass is 290 g/mol. The van der Waals surface area contributed by atoms with Gasteiger partial charge in [-0.05, 0) is 38.2 Å². The van der Waals surface area contributed by atoms with Gasteiger partial charge in [0.15, 0.2) is 0 Å². The molecular formula is C16H23FN4. The Kier molecular flexibility index (Phi) is 5.47. The number of nitrogens with one attached hydrogen (secondary N) is 1. The maximum atomic E-state index is 13.3. The van der Waals surface area contributed by atoms with Crippen molar-refractivity contribution < 1.29 is 4.39 Å². The molecule has 2 aromatic rings. The number of rotatable bonds is 7. The lowest BCUT2D eigenvalue weighted by Gasteiger charge is -2.21. The maximum absolute atomic E-state index is 13.3. The summed E-state index contributed by atoms with van der Waals surface area (Å²) in [5.74, 6) is 0.860. The number of nitrogens with zero attached hydrogens (tertiary/aromatic N) is 3. The summed E-state index contributed by atoms with van der Waals surface area (Å²) < 4.78 is 15.3. The summed E-state index contributed by atoms with van der Waals surface area (Å²) in [4.78, 5) is 6.56. The number of hydrogen-bond donors (Lipinski definition) is 1. The van der Waals surface area contributed by atoms with Crippen molar-refractivity contribution in [1.82, 2.24) is 19.8 Å². The molecule has 1 heterocycles. The molecule has 0 amide bonds. The molecule has 0 fully saturated rings. The first kappa shape index (κ1) is 15.7. The molecule has 0 aliphatic heterocycles. The van der Waals surface area contributed by atoms with Crippen molar-refractivity contribution in [3.63, 3.8) is 0 Å². The summed E-state index contributed by atoms with van der Waals surface area (Å²) in [5.41, 5.74) is 0.989. The third-order valence-corrected chi connectivity index (χ3v) is 3.73. The Bertz CT molecular complexity index is 567. The van der Waals surface area contributed by atoms with Gasteiger partial charge in [0.25, 0.3) is 0 Å². The summed E-state index contributed by atoms with van der Waals surface area (Å²) >= 11 is 0. The topological polar surface area (TPSA) is 33.1 Å². The Hall–Kier alpha value is -1.72. The SMILES string of the molecule is CNC(CCN(C)Cc1nccn1C)c1cccc(F)c1. The van der Waals surface area contributed by atoms with Crippen LogP contribution in [0, 0.1) is 5.82 Å². The zero-order valence-electron chi connectivity index (χ0n) is 12.9. The highest BCUT2D eigenvalue weighted by Crippen LogP contribution is 2.18. The minimum atomic E-state index is -0.186. The van der Waals surface area contributed by atoms with Crippen molar-refractivity contribution in [1.29, 1.82) is 0 Å². The molecule has 0 aliphatic rings. The summed E-state index contributed by atoms with van der Waals surface area (Å²) in [6.07, 6.45) is 4.68. The standard InChI is InChI=1S/C16H23FN4/c1-18-15(13-5-4-6-14(17)11-13)7-9-20(2)12-16-19-8-10-21(16)3/h4-6,8,10-11,15,18H,7,9,12H2,1-3H3. The number of aryl methyl sites for hydroxylation is 1. The molecule has 21 heavy (non-hydrogen) atoms. The van der Waals surface area contributed by atoms with Crippen LogP contribution in [0.25, 0.3) is 0 Å².